The number of benzene rings is 2. The number of rotatable bonds is 6. The van der Waals surface area contributed by atoms with Crippen molar-refractivity contribution in [2.45, 2.75) is 13.0 Å². The minimum atomic E-state index is -0.905. The van der Waals surface area contributed by atoms with Gasteiger partial charge in [0.1, 0.15) is 11.5 Å². The van der Waals surface area contributed by atoms with Gasteiger partial charge in [-0.05, 0) is 71.5 Å². The van der Waals surface area contributed by atoms with Crippen LogP contribution in [-0.2, 0) is 9.59 Å². The van der Waals surface area contributed by atoms with Crippen LogP contribution < -0.4 is 25.6 Å². The van der Waals surface area contributed by atoms with Gasteiger partial charge in [0.15, 0.2) is 17.8 Å². The fourth-order valence-corrected chi connectivity index (χ4v) is 3.72. The first-order chi connectivity index (χ1) is 14.2. The molecule has 1 unspecified atom stereocenters. The zero-order valence-corrected chi connectivity index (χ0v) is 20.8. The maximum atomic E-state index is 12.2. The summed E-state index contributed by atoms with van der Waals surface area (Å²) in [5.41, 5.74) is 4.73. The Morgan fingerprint density at radius 2 is 1.80 bits per heavy atom. The summed E-state index contributed by atoms with van der Waals surface area (Å²) in [6.07, 6.45) is -0.905. The van der Waals surface area contributed by atoms with E-state index in [0.29, 0.717) is 21.0 Å². The highest BCUT2D eigenvalue weighted by Crippen LogP contribution is 2.29. The second-order valence-corrected chi connectivity index (χ2v) is 8.71. The van der Waals surface area contributed by atoms with Crippen molar-refractivity contribution in [3.63, 3.8) is 0 Å². The molecule has 30 heavy (non-hydrogen) atoms. The molecule has 160 valence electrons. The molecule has 0 radical (unpaired) electrons. The van der Waals surface area contributed by atoms with Crippen LogP contribution in [0.2, 0.25) is 10.0 Å². The van der Waals surface area contributed by atoms with Crippen LogP contribution in [0.5, 0.6) is 11.5 Å². The molecule has 7 nitrogen and oxygen atoms in total. The Hall–Kier alpha value is -1.59. The Morgan fingerprint density at radius 3 is 2.47 bits per heavy atom. The summed E-state index contributed by atoms with van der Waals surface area (Å²) in [5.74, 6) is -0.246. The highest BCUT2D eigenvalue weighted by atomic mass is 79.9. The number of carbonyl (C=O) groups excluding carboxylic acids is 2. The molecule has 0 heterocycles. The van der Waals surface area contributed by atoms with E-state index in [4.69, 9.17) is 44.9 Å². The summed E-state index contributed by atoms with van der Waals surface area (Å²) in [4.78, 5) is 24.1. The molecule has 0 spiro atoms. The third-order valence-corrected chi connectivity index (χ3v) is 5.22. The first kappa shape index (κ1) is 24.7. The van der Waals surface area contributed by atoms with E-state index in [1.54, 1.807) is 30.3 Å². The lowest BCUT2D eigenvalue weighted by atomic mass is 10.3. The van der Waals surface area contributed by atoms with Crippen molar-refractivity contribution in [1.29, 1.82) is 0 Å². The fourth-order valence-electron chi connectivity index (χ4n) is 1.96. The predicted octanol–water partition coefficient (Wildman–Crippen LogP) is 4.39. The largest absolute Gasteiger partial charge is 0.483 e. The molecule has 0 fully saturated rings. The van der Waals surface area contributed by atoms with E-state index in [2.05, 4.69) is 48.0 Å². The van der Waals surface area contributed by atoms with Crippen LogP contribution in [-0.4, -0.2) is 29.6 Å². The maximum absolute atomic E-state index is 12.2. The molecule has 0 aromatic heterocycles. The minimum Gasteiger partial charge on any atom is -0.483 e. The number of halogens is 4. The van der Waals surface area contributed by atoms with E-state index < -0.39 is 17.9 Å². The van der Waals surface area contributed by atoms with Crippen molar-refractivity contribution in [2.75, 3.05) is 6.61 Å². The third-order valence-electron chi connectivity index (χ3n) is 3.37. The van der Waals surface area contributed by atoms with Crippen LogP contribution in [0.3, 0.4) is 0 Å². The van der Waals surface area contributed by atoms with Crippen LogP contribution in [0.15, 0.2) is 45.3 Å². The maximum Gasteiger partial charge on any atom is 0.276 e. The van der Waals surface area contributed by atoms with Crippen LogP contribution in [0.1, 0.15) is 6.92 Å². The third kappa shape index (κ3) is 7.92. The van der Waals surface area contributed by atoms with Crippen molar-refractivity contribution in [2.24, 2.45) is 0 Å². The van der Waals surface area contributed by atoms with Crippen molar-refractivity contribution < 1.29 is 19.1 Å². The molecule has 2 aromatic carbocycles. The summed E-state index contributed by atoms with van der Waals surface area (Å²) in [6, 6.07) is 9.91. The Balaban J connectivity index is 1.74. The normalized spacial score (nSPS) is 11.2. The van der Waals surface area contributed by atoms with Crippen molar-refractivity contribution in [1.82, 2.24) is 16.2 Å². The lowest BCUT2D eigenvalue weighted by Gasteiger charge is -2.17. The number of hydrogen-bond donors (Lipinski definition) is 3. The molecule has 1 atom stereocenters. The second kappa shape index (κ2) is 11.7. The zero-order chi connectivity index (χ0) is 22.3. The Bertz CT molecular complexity index is 965. The van der Waals surface area contributed by atoms with Gasteiger partial charge in [-0.15, -0.1) is 0 Å². The summed E-state index contributed by atoms with van der Waals surface area (Å²) >= 11 is 23.5. The molecule has 12 heteroatoms. The topological polar surface area (TPSA) is 88.7 Å². The van der Waals surface area contributed by atoms with Gasteiger partial charge in [0, 0.05) is 9.50 Å². The number of nitrogens with one attached hydrogen (secondary N) is 3. The molecule has 0 bridgehead atoms. The molecule has 2 rings (SSSR count). The van der Waals surface area contributed by atoms with Crippen LogP contribution in [0, 0.1) is 0 Å². The van der Waals surface area contributed by atoms with Crippen LogP contribution in [0.4, 0.5) is 0 Å². The zero-order valence-electron chi connectivity index (χ0n) is 15.3. The summed E-state index contributed by atoms with van der Waals surface area (Å²) < 4.78 is 12.4. The lowest BCUT2D eigenvalue weighted by Crippen LogP contribution is -2.51. The number of thiocarbonyl (C=S) groups is 1. The molecule has 0 saturated heterocycles. The summed E-state index contributed by atoms with van der Waals surface area (Å²) in [6.45, 7) is 1.25. The molecule has 0 aliphatic carbocycles. The minimum absolute atomic E-state index is 0.115. The van der Waals surface area contributed by atoms with Gasteiger partial charge in [-0.2, -0.15) is 0 Å². The first-order valence-corrected chi connectivity index (χ1v) is 11.0. The number of ether oxygens (including phenoxy) is 2. The summed E-state index contributed by atoms with van der Waals surface area (Å²) in [7, 11) is 0. The van der Waals surface area contributed by atoms with Gasteiger partial charge in [-0.3, -0.25) is 25.8 Å². The van der Waals surface area contributed by atoms with Gasteiger partial charge in [0.25, 0.3) is 11.8 Å². The standard InChI is InChI=1S/C18H15Br2Cl2N3O4S/c1-9(29-15-5-3-11(21)7-13(15)22)17(27)23-18(30)25-24-16(26)8-28-14-4-2-10(19)6-12(14)20/h2-7,9H,8H2,1H3,(H,24,26)(H2,23,25,27,30). The number of hydrogen-bond acceptors (Lipinski definition) is 5. The van der Waals surface area contributed by atoms with Crippen molar-refractivity contribution >= 4 is 84.2 Å². The van der Waals surface area contributed by atoms with Gasteiger partial charge < -0.3 is 9.47 Å². The van der Waals surface area contributed by atoms with E-state index in [-0.39, 0.29) is 16.7 Å². The van der Waals surface area contributed by atoms with Gasteiger partial charge in [0.05, 0.1) is 9.50 Å². The number of amides is 2. The predicted molar refractivity (Wildman–Crippen MR) is 126 cm³/mol. The van der Waals surface area contributed by atoms with E-state index in [1.807, 2.05) is 0 Å². The van der Waals surface area contributed by atoms with E-state index >= 15 is 0 Å². The smallest absolute Gasteiger partial charge is 0.276 e. The van der Waals surface area contributed by atoms with Crippen molar-refractivity contribution in [3.05, 3.63) is 55.4 Å². The molecule has 2 aromatic rings. The molecule has 0 aliphatic heterocycles. The van der Waals surface area contributed by atoms with Crippen LogP contribution in [0.25, 0.3) is 0 Å². The average Bonchev–Trinajstić information content (AvgIpc) is 2.67. The van der Waals surface area contributed by atoms with Crippen LogP contribution >= 0.6 is 67.3 Å². The van der Waals surface area contributed by atoms with E-state index in [1.165, 1.54) is 13.0 Å². The number of hydrazine groups is 1. The molecule has 3 N–H and O–H groups in total. The Kier molecular flexibility index (Phi) is 9.63. The molecule has 0 aliphatic rings. The van der Waals surface area contributed by atoms with E-state index in [0.717, 1.165) is 4.47 Å². The van der Waals surface area contributed by atoms with Gasteiger partial charge in [0.2, 0.25) is 0 Å². The second-order valence-electron chi connectivity index (χ2n) is 5.69. The van der Waals surface area contributed by atoms with E-state index in [9.17, 15) is 9.59 Å². The van der Waals surface area contributed by atoms with Gasteiger partial charge in [-0.1, -0.05) is 39.1 Å². The first-order valence-electron chi connectivity index (χ1n) is 8.25. The molecular formula is C18H15Br2Cl2N3O4S. The SMILES string of the molecule is CC(Oc1ccc(Cl)cc1Cl)C(=O)NC(=S)NNC(=O)COc1ccc(Br)cc1Br. The monoisotopic (exact) mass is 597 g/mol. The Morgan fingerprint density at radius 1 is 1.10 bits per heavy atom. The Labute approximate surface area is 205 Å². The highest BCUT2D eigenvalue weighted by Gasteiger charge is 2.18. The molecule has 0 saturated carbocycles. The fraction of sp³-hybridized carbons (Fsp3) is 0.167. The summed E-state index contributed by atoms with van der Waals surface area (Å²) in [5, 5.41) is 3.00. The lowest BCUT2D eigenvalue weighted by molar-refractivity contribution is -0.126. The molecule has 2 amide bonds. The highest BCUT2D eigenvalue weighted by molar-refractivity contribution is 9.11. The molecular weight excluding hydrogens is 585 g/mol. The quantitative estimate of drug-likeness (QED) is 0.337. The number of carbonyl (C=O) groups is 2. The van der Waals surface area contributed by atoms with Gasteiger partial charge >= 0.3 is 0 Å². The van der Waals surface area contributed by atoms with Crippen molar-refractivity contribution in [3.8, 4) is 11.5 Å². The average molecular weight is 600 g/mol. The van der Waals surface area contributed by atoms with Gasteiger partial charge in [-0.25, -0.2) is 0 Å².